The summed E-state index contributed by atoms with van der Waals surface area (Å²) < 4.78 is 0. The fourth-order valence-corrected chi connectivity index (χ4v) is 3.17. The van der Waals surface area contributed by atoms with Crippen LogP contribution in [0.3, 0.4) is 0 Å². The number of carbonyl (C=O) groups is 2. The first-order valence-corrected chi connectivity index (χ1v) is 12.2. The van der Waals surface area contributed by atoms with Crippen LogP contribution in [0, 0.1) is 5.92 Å². The maximum Gasteiger partial charge on any atom is 0.243 e. The molecule has 0 spiro atoms. The average Bonchev–Trinajstić information content (AvgIpc) is 3.60. The largest absolute Gasteiger partial charge is 0.356 e. The number of hydrogen-bond donors (Lipinski definition) is 7. The molecule has 2 amide bonds. The van der Waals surface area contributed by atoms with Crippen molar-refractivity contribution in [2.24, 2.45) is 5.92 Å². The number of carbonyl (C=O) groups excluding carboxylic acids is 2. The molecule has 0 atom stereocenters. The Balaban J connectivity index is -0.00000120. The lowest BCUT2D eigenvalue weighted by Gasteiger charge is -2.08. The molecule has 0 radical (unpaired) electrons. The Labute approximate surface area is 254 Å². The number of nitrogens with one attached hydrogen (secondary N) is 6. The Morgan fingerprint density at radius 2 is 0.971 bits per heavy atom. The molecule has 0 saturated heterocycles. The molecule has 0 aromatic rings. The van der Waals surface area contributed by atoms with E-state index in [1.165, 1.54) is 25.8 Å². The fraction of sp³-hybridized carbons (Fsp3) is 0.909. The minimum atomic E-state index is -0.406. The third kappa shape index (κ3) is 32.6. The second-order valence-electron chi connectivity index (χ2n) is 8.40. The van der Waals surface area contributed by atoms with Gasteiger partial charge in [0.2, 0.25) is 11.8 Å². The summed E-state index contributed by atoms with van der Waals surface area (Å²) in [6.07, 6.45) is 9.16. The molecule has 9 nitrogen and oxygen atoms in total. The molecule has 0 bridgehead atoms. The molecule has 0 aromatic carbocycles. The zero-order valence-corrected chi connectivity index (χ0v) is 27.8. The predicted molar refractivity (Wildman–Crippen MR) is 165 cm³/mol. The molecule has 1 saturated carbocycles. The number of rotatable bonds is 23. The molecule has 0 heterocycles. The van der Waals surface area contributed by atoms with E-state index in [9.17, 15) is 9.59 Å². The lowest BCUT2D eigenvalue weighted by molar-refractivity contribution is -0.129. The summed E-state index contributed by atoms with van der Waals surface area (Å²) in [5, 5.41) is 25.2. The standard InChI is InChI=1S/C22H46N6O3.4BrH/c29-21(7-1-2-8-22(30)28-31)27-18-6-16-25-14-4-12-23-11-3-13-24-15-5-17-26-19-20-9-10-20;;;;/h20,23-26,31H,1-19H2,(H,27,29)(H,28,30);4*1H. The van der Waals surface area contributed by atoms with Crippen LogP contribution in [0.1, 0.15) is 64.2 Å². The summed E-state index contributed by atoms with van der Waals surface area (Å²) >= 11 is 0. The Bertz CT molecular complexity index is 467. The normalized spacial score (nSPS) is 11.8. The van der Waals surface area contributed by atoms with Crippen LogP contribution in [0.15, 0.2) is 0 Å². The summed E-state index contributed by atoms with van der Waals surface area (Å²) in [6.45, 7) is 9.18. The molecular weight excluding hydrogens is 716 g/mol. The van der Waals surface area contributed by atoms with E-state index in [0.717, 1.165) is 71.0 Å². The van der Waals surface area contributed by atoms with Gasteiger partial charge in [-0.05, 0) is 110 Å². The Hall–Kier alpha value is 0.660. The first-order valence-electron chi connectivity index (χ1n) is 12.2. The SMILES string of the molecule is Br.Br.Br.Br.O=C(CCCCC(=O)NCCCNCCCNCCCNCCCNCC1CC1)NO. The highest BCUT2D eigenvalue weighted by Gasteiger charge is 2.19. The number of halogens is 4. The molecule has 1 aliphatic carbocycles. The van der Waals surface area contributed by atoms with Gasteiger partial charge in [-0.15, -0.1) is 67.9 Å². The minimum Gasteiger partial charge on any atom is -0.356 e. The highest BCUT2D eigenvalue weighted by molar-refractivity contribution is 8.93. The van der Waals surface area contributed by atoms with Gasteiger partial charge in [-0.2, -0.15) is 0 Å². The van der Waals surface area contributed by atoms with Crippen molar-refractivity contribution >= 4 is 79.7 Å². The fourth-order valence-electron chi connectivity index (χ4n) is 3.17. The van der Waals surface area contributed by atoms with Gasteiger partial charge in [0.15, 0.2) is 0 Å². The summed E-state index contributed by atoms with van der Waals surface area (Å²) in [5.41, 5.74) is 1.59. The lowest BCUT2D eigenvalue weighted by Crippen LogP contribution is -2.29. The lowest BCUT2D eigenvalue weighted by atomic mass is 10.2. The van der Waals surface area contributed by atoms with E-state index in [0.29, 0.717) is 25.8 Å². The second-order valence-corrected chi connectivity index (χ2v) is 8.40. The molecule has 1 fully saturated rings. The van der Waals surface area contributed by atoms with Gasteiger partial charge >= 0.3 is 0 Å². The number of hydroxylamine groups is 1. The summed E-state index contributed by atoms with van der Waals surface area (Å²) in [4.78, 5) is 22.5. The van der Waals surface area contributed by atoms with E-state index < -0.39 is 5.91 Å². The van der Waals surface area contributed by atoms with E-state index in [1.807, 2.05) is 0 Å². The van der Waals surface area contributed by atoms with Crippen molar-refractivity contribution in [2.45, 2.75) is 64.2 Å². The molecule has 0 aliphatic heterocycles. The topological polar surface area (TPSA) is 127 Å². The van der Waals surface area contributed by atoms with Gasteiger partial charge in [-0.1, -0.05) is 0 Å². The third-order valence-electron chi connectivity index (χ3n) is 5.29. The molecule has 1 rings (SSSR count). The molecular formula is C22H50Br4N6O3. The second kappa shape index (κ2) is 32.7. The van der Waals surface area contributed by atoms with Crippen molar-refractivity contribution in [1.82, 2.24) is 32.1 Å². The van der Waals surface area contributed by atoms with Gasteiger partial charge in [-0.3, -0.25) is 14.8 Å². The van der Waals surface area contributed by atoms with Gasteiger partial charge in [0.05, 0.1) is 0 Å². The van der Waals surface area contributed by atoms with Crippen LogP contribution in [-0.2, 0) is 9.59 Å². The van der Waals surface area contributed by atoms with Gasteiger partial charge < -0.3 is 26.6 Å². The maximum absolute atomic E-state index is 11.6. The molecule has 0 aromatic heterocycles. The molecule has 7 N–H and O–H groups in total. The van der Waals surface area contributed by atoms with Crippen LogP contribution in [0.2, 0.25) is 0 Å². The first kappa shape index (κ1) is 42.7. The van der Waals surface area contributed by atoms with E-state index in [-0.39, 0.29) is 80.3 Å². The van der Waals surface area contributed by atoms with Crippen molar-refractivity contribution < 1.29 is 14.8 Å². The Kier molecular flexibility index (Phi) is 39.9. The third-order valence-corrected chi connectivity index (χ3v) is 5.29. The van der Waals surface area contributed by atoms with Crippen LogP contribution in [0.5, 0.6) is 0 Å². The van der Waals surface area contributed by atoms with Gasteiger partial charge in [0.25, 0.3) is 0 Å². The van der Waals surface area contributed by atoms with Crippen molar-refractivity contribution in [3.05, 3.63) is 0 Å². The van der Waals surface area contributed by atoms with Gasteiger partial charge in [0.1, 0.15) is 0 Å². The zero-order valence-electron chi connectivity index (χ0n) is 20.9. The molecule has 214 valence electrons. The first-order chi connectivity index (χ1) is 15.2. The average molecular weight is 766 g/mol. The Morgan fingerprint density at radius 1 is 0.571 bits per heavy atom. The molecule has 13 heteroatoms. The van der Waals surface area contributed by atoms with Crippen LogP contribution < -0.4 is 32.1 Å². The van der Waals surface area contributed by atoms with Crippen LogP contribution >= 0.6 is 67.9 Å². The Morgan fingerprint density at radius 3 is 1.40 bits per heavy atom. The van der Waals surface area contributed by atoms with Crippen molar-refractivity contribution in [3.63, 3.8) is 0 Å². The summed E-state index contributed by atoms with van der Waals surface area (Å²) in [5.74, 6) is 0.588. The van der Waals surface area contributed by atoms with Crippen LogP contribution in [0.25, 0.3) is 0 Å². The van der Waals surface area contributed by atoms with Crippen molar-refractivity contribution in [1.29, 1.82) is 0 Å². The molecule has 35 heavy (non-hydrogen) atoms. The van der Waals surface area contributed by atoms with E-state index >= 15 is 0 Å². The van der Waals surface area contributed by atoms with E-state index in [1.54, 1.807) is 5.48 Å². The predicted octanol–water partition coefficient (Wildman–Crippen LogP) is 2.81. The summed E-state index contributed by atoms with van der Waals surface area (Å²) in [6, 6.07) is 0. The molecule has 1 aliphatic rings. The zero-order chi connectivity index (χ0) is 22.4. The minimum absolute atomic E-state index is 0. The number of amides is 2. The van der Waals surface area contributed by atoms with Crippen LogP contribution in [-0.4, -0.2) is 75.9 Å². The van der Waals surface area contributed by atoms with Crippen molar-refractivity contribution in [2.75, 3.05) is 58.9 Å². The van der Waals surface area contributed by atoms with Gasteiger partial charge in [0, 0.05) is 19.4 Å². The summed E-state index contributed by atoms with van der Waals surface area (Å²) in [7, 11) is 0. The highest BCUT2D eigenvalue weighted by Crippen LogP contribution is 2.27. The molecule has 0 unspecified atom stereocenters. The number of hydrogen-bond acceptors (Lipinski definition) is 7. The van der Waals surface area contributed by atoms with E-state index in [4.69, 9.17) is 5.21 Å². The van der Waals surface area contributed by atoms with E-state index in [2.05, 4.69) is 26.6 Å². The quantitative estimate of drug-likeness (QED) is 0.0485. The maximum atomic E-state index is 11.6. The smallest absolute Gasteiger partial charge is 0.243 e. The van der Waals surface area contributed by atoms with Crippen LogP contribution in [0.4, 0.5) is 0 Å². The van der Waals surface area contributed by atoms with Gasteiger partial charge in [-0.25, -0.2) is 5.48 Å². The highest BCUT2D eigenvalue weighted by atomic mass is 79.9. The number of unbranched alkanes of at least 4 members (excludes halogenated alkanes) is 1. The monoisotopic (exact) mass is 762 g/mol. The van der Waals surface area contributed by atoms with Crippen molar-refractivity contribution in [3.8, 4) is 0 Å².